The molecule has 106 valence electrons. The zero-order valence-corrected chi connectivity index (χ0v) is 11.0. The molecule has 2 amide bonds. The lowest BCUT2D eigenvalue weighted by Gasteiger charge is -2.12. The number of ether oxygens (including phenoxy) is 2. The Balaban J connectivity index is 2.56. The molecule has 19 heavy (non-hydrogen) atoms. The van der Waals surface area contributed by atoms with E-state index in [0.29, 0.717) is 31.1 Å². The van der Waals surface area contributed by atoms with Crippen LogP contribution in [-0.4, -0.2) is 38.4 Å². The molecular formula is C12H19N3O4. The van der Waals surface area contributed by atoms with Gasteiger partial charge in [-0.3, -0.25) is 0 Å². The summed E-state index contributed by atoms with van der Waals surface area (Å²) in [6, 6.07) is 2.88. The summed E-state index contributed by atoms with van der Waals surface area (Å²) >= 11 is 0. The van der Waals surface area contributed by atoms with E-state index in [1.807, 2.05) is 0 Å². The number of aromatic hydroxyl groups is 1. The second-order valence-electron chi connectivity index (χ2n) is 3.82. The van der Waals surface area contributed by atoms with E-state index in [0.717, 1.165) is 5.56 Å². The summed E-state index contributed by atoms with van der Waals surface area (Å²) in [5, 5.41) is 15.3. The number of methoxy groups -OCH3 is 2. The number of amides is 2. The highest BCUT2D eigenvalue weighted by molar-refractivity contribution is 5.71. The first kappa shape index (κ1) is 14.9. The van der Waals surface area contributed by atoms with Crippen LogP contribution in [0.15, 0.2) is 12.1 Å². The van der Waals surface area contributed by atoms with Crippen molar-refractivity contribution in [1.29, 1.82) is 0 Å². The Morgan fingerprint density at radius 3 is 2.32 bits per heavy atom. The van der Waals surface area contributed by atoms with Gasteiger partial charge >= 0.3 is 6.03 Å². The minimum atomic E-state index is -0.547. The molecule has 0 heterocycles. The van der Waals surface area contributed by atoms with Gasteiger partial charge in [-0.05, 0) is 17.7 Å². The molecule has 7 heteroatoms. The molecule has 0 aliphatic rings. The van der Waals surface area contributed by atoms with Gasteiger partial charge in [0.05, 0.1) is 14.2 Å². The molecule has 1 aromatic rings. The van der Waals surface area contributed by atoms with Crippen LogP contribution in [0, 0.1) is 0 Å². The lowest BCUT2D eigenvalue weighted by Crippen LogP contribution is -2.35. The Kier molecular flexibility index (Phi) is 5.74. The summed E-state index contributed by atoms with van der Waals surface area (Å²) in [6.07, 6.45) is 0. The fourth-order valence-corrected chi connectivity index (χ4v) is 1.56. The number of nitrogens with one attached hydrogen (secondary N) is 2. The molecule has 7 nitrogen and oxygen atoms in total. The smallest absolute Gasteiger partial charge is 0.312 e. The molecular weight excluding hydrogens is 250 g/mol. The first-order chi connectivity index (χ1) is 9.08. The molecule has 0 saturated heterocycles. The third-order valence-electron chi connectivity index (χ3n) is 2.47. The predicted octanol–water partition coefficient (Wildman–Crippen LogP) is 0.167. The van der Waals surface area contributed by atoms with Gasteiger partial charge in [-0.25, -0.2) is 4.79 Å². The van der Waals surface area contributed by atoms with Crippen LogP contribution in [-0.2, 0) is 6.54 Å². The molecule has 0 atom stereocenters. The van der Waals surface area contributed by atoms with Gasteiger partial charge in [-0.1, -0.05) is 0 Å². The Morgan fingerprint density at radius 1 is 1.26 bits per heavy atom. The Bertz CT molecular complexity index is 412. The average molecular weight is 269 g/mol. The predicted molar refractivity (Wildman–Crippen MR) is 70.5 cm³/mol. The fourth-order valence-electron chi connectivity index (χ4n) is 1.56. The van der Waals surface area contributed by atoms with Crippen molar-refractivity contribution in [2.45, 2.75) is 6.54 Å². The number of hydrogen-bond acceptors (Lipinski definition) is 5. The van der Waals surface area contributed by atoms with E-state index < -0.39 is 6.03 Å². The number of hydrogen-bond donors (Lipinski definition) is 4. The molecule has 0 spiro atoms. The number of phenols is 1. The zero-order valence-electron chi connectivity index (χ0n) is 11.0. The van der Waals surface area contributed by atoms with Crippen molar-refractivity contribution >= 4 is 6.03 Å². The van der Waals surface area contributed by atoms with Crippen molar-refractivity contribution in [2.24, 2.45) is 5.73 Å². The molecule has 1 rings (SSSR count). The van der Waals surface area contributed by atoms with Crippen LogP contribution in [0.1, 0.15) is 5.56 Å². The van der Waals surface area contributed by atoms with Crippen molar-refractivity contribution in [1.82, 2.24) is 10.6 Å². The Morgan fingerprint density at radius 2 is 1.84 bits per heavy atom. The quantitative estimate of drug-likeness (QED) is 0.528. The van der Waals surface area contributed by atoms with Crippen molar-refractivity contribution in [3.05, 3.63) is 17.7 Å². The van der Waals surface area contributed by atoms with Crippen LogP contribution in [0.3, 0.4) is 0 Å². The Hall–Kier alpha value is -2.15. The monoisotopic (exact) mass is 269 g/mol. The molecule has 1 aromatic carbocycles. The minimum Gasteiger partial charge on any atom is -0.502 e. The van der Waals surface area contributed by atoms with Gasteiger partial charge in [0.1, 0.15) is 0 Å². The van der Waals surface area contributed by atoms with Gasteiger partial charge in [0, 0.05) is 19.6 Å². The van der Waals surface area contributed by atoms with Gasteiger partial charge in [0.15, 0.2) is 11.5 Å². The second kappa shape index (κ2) is 7.32. The molecule has 0 aliphatic carbocycles. The molecule has 0 aromatic heterocycles. The number of primary amides is 1. The van der Waals surface area contributed by atoms with Gasteiger partial charge in [-0.15, -0.1) is 0 Å². The van der Waals surface area contributed by atoms with Crippen molar-refractivity contribution < 1.29 is 19.4 Å². The molecule has 0 fully saturated rings. The first-order valence-corrected chi connectivity index (χ1v) is 5.76. The van der Waals surface area contributed by atoms with Crippen LogP contribution in [0.5, 0.6) is 17.2 Å². The summed E-state index contributed by atoms with van der Waals surface area (Å²) < 4.78 is 10.1. The van der Waals surface area contributed by atoms with Crippen molar-refractivity contribution in [2.75, 3.05) is 27.3 Å². The second-order valence-corrected chi connectivity index (χ2v) is 3.82. The van der Waals surface area contributed by atoms with E-state index in [4.69, 9.17) is 15.2 Å². The average Bonchev–Trinajstić information content (AvgIpc) is 2.39. The summed E-state index contributed by atoms with van der Waals surface area (Å²) in [4.78, 5) is 10.5. The van der Waals surface area contributed by atoms with Crippen molar-refractivity contribution in [3.8, 4) is 17.2 Å². The highest BCUT2D eigenvalue weighted by Gasteiger charge is 2.10. The van der Waals surface area contributed by atoms with Gasteiger partial charge in [-0.2, -0.15) is 0 Å². The SMILES string of the molecule is COc1cc(CNCCNC(N)=O)cc(OC)c1O. The molecule has 5 N–H and O–H groups in total. The third-order valence-corrected chi connectivity index (χ3v) is 2.47. The Labute approximate surface area is 111 Å². The number of phenolic OH excluding ortho intramolecular Hbond substituents is 1. The summed E-state index contributed by atoms with van der Waals surface area (Å²) in [6.45, 7) is 1.57. The van der Waals surface area contributed by atoms with E-state index >= 15 is 0 Å². The van der Waals surface area contributed by atoms with Crippen molar-refractivity contribution in [3.63, 3.8) is 0 Å². The fraction of sp³-hybridized carbons (Fsp3) is 0.417. The summed E-state index contributed by atoms with van der Waals surface area (Å²) in [7, 11) is 2.95. The maximum atomic E-state index is 10.5. The maximum Gasteiger partial charge on any atom is 0.312 e. The minimum absolute atomic E-state index is 0.0239. The lowest BCUT2D eigenvalue weighted by molar-refractivity contribution is 0.249. The molecule has 0 saturated carbocycles. The van der Waals surface area contributed by atoms with Crippen LogP contribution in [0.4, 0.5) is 4.79 Å². The van der Waals surface area contributed by atoms with E-state index in [-0.39, 0.29) is 5.75 Å². The number of urea groups is 1. The number of nitrogens with two attached hydrogens (primary N) is 1. The van der Waals surface area contributed by atoms with Crippen LogP contribution in [0.25, 0.3) is 0 Å². The molecule has 0 bridgehead atoms. The van der Waals surface area contributed by atoms with Crippen LogP contribution < -0.4 is 25.8 Å². The number of benzene rings is 1. The molecule has 0 unspecified atom stereocenters. The molecule has 0 aliphatic heterocycles. The van der Waals surface area contributed by atoms with Gasteiger partial charge in [0.25, 0.3) is 0 Å². The first-order valence-electron chi connectivity index (χ1n) is 5.76. The summed E-state index contributed by atoms with van der Waals surface area (Å²) in [5.41, 5.74) is 5.83. The summed E-state index contributed by atoms with van der Waals surface area (Å²) in [5.74, 6) is 0.682. The van der Waals surface area contributed by atoms with Crippen LogP contribution in [0.2, 0.25) is 0 Å². The number of carbonyl (C=O) groups is 1. The van der Waals surface area contributed by atoms with E-state index in [2.05, 4.69) is 10.6 Å². The number of carbonyl (C=O) groups excluding carboxylic acids is 1. The largest absolute Gasteiger partial charge is 0.502 e. The zero-order chi connectivity index (χ0) is 14.3. The standard InChI is InChI=1S/C12H19N3O4/c1-18-9-5-8(6-10(19-2)11(9)16)7-14-3-4-15-12(13)17/h5-6,14,16H,3-4,7H2,1-2H3,(H3,13,15,17). The third kappa shape index (κ3) is 4.55. The van der Waals surface area contributed by atoms with Gasteiger partial charge in [0.2, 0.25) is 5.75 Å². The van der Waals surface area contributed by atoms with Gasteiger partial charge < -0.3 is 30.9 Å². The van der Waals surface area contributed by atoms with E-state index in [1.165, 1.54) is 14.2 Å². The van der Waals surface area contributed by atoms with E-state index in [9.17, 15) is 9.90 Å². The highest BCUT2D eigenvalue weighted by Crippen LogP contribution is 2.36. The topological polar surface area (TPSA) is 106 Å². The van der Waals surface area contributed by atoms with Crippen LogP contribution >= 0.6 is 0 Å². The highest BCUT2D eigenvalue weighted by atomic mass is 16.5. The molecule has 0 radical (unpaired) electrons. The number of rotatable bonds is 7. The normalized spacial score (nSPS) is 10.0. The lowest BCUT2D eigenvalue weighted by atomic mass is 10.2. The van der Waals surface area contributed by atoms with E-state index in [1.54, 1.807) is 12.1 Å². The maximum absolute atomic E-state index is 10.5.